The first-order valence-corrected chi connectivity index (χ1v) is 10.1. The quantitative estimate of drug-likeness (QED) is 0.261. The van der Waals surface area contributed by atoms with Crippen LogP contribution in [0.1, 0.15) is 52.5 Å². The normalized spacial score (nSPS) is 12.9. The standard InChI is InChI=1S/C26H34N2O/c1-8-10-24(17-18-27-21(7)22(9-2)12-11-19(3)4)26(29)28-25-15-13-23(14-16-25)20(5)6/h8-16,18-20H,1,7,17H2,2-6H3,(H,28,29)/b12-11+,22-9+,24-10+,27-18?. The van der Waals surface area contributed by atoms with Gasteiger partial charge in [0.15, 0.2) is 0 Å². The fraction of sp³-hybridized carbons (Fsp3) is 0.308. The summed E-state index contributed by atoms with van der Waals surface area (Å²) in [6.07, 6.45) is 11.5. The van der Waals surface area contributed by atoms with Crippen molar-refractivity contribution in [2.24, 2.45) is 10.9 Å². The first-order chi connectivity index (χ1) is 13.8. The summed E-state index contributed by atoms with van der Waals surface area (Å²) in [4.78, 5) is 17.1. The number of amides is 1. The summed E-state index contributed by atoms with van der Waals surface area (Å²) >= 11 is 0. The Balaban J connectivity index is 2.78. The predicted molar refractivity (Wildman–Crippen MR) is 127 cm³/mol. The SMILES string of the molecule is C=C/C=C(\CC=NC(=C)C(/C=C/C(C)C)=C/C)C(=O)Nc1ccc(C(C)C)cc1. The van der Waals surface area contributed by atoms with E-state index in [2.05, 4.69) is 57.2 Å². The number of nitrogens with one attached hydrogen (secondary N) is 1. The van der Waals surface area contributed by atoms with E-state index in [-0.39, 0.29) is 5.91 Å². The highest BCUT2D eigenvalue weighted by Gasteiger charge is 2.09. The molecule has 1 aromatic rings. The third kappa shape index (κ3) is 8.73. The molecule has 0 spiro atoms. The zero-order valence-corrected chi connectivity index (χ0v) is 18.4. The molecule has 0 radical (unpaired) electrons. The summed E-state index contributed by atoms with van der Waals surface area (Å²) in [5, 5.41) is 2.94. The Bertz CT molecular complexity index is 819. The number of rotatable bonds is 10. The summed E-state index contributed by atoms with van der Waals surface area (Å²) in [6.45, 7) is 18.2. The number of carbonyl (C=O) groups excluding carboxylic acids is 1. The van der Waals surface area contributed by atoms with Crippen LogP contribution < -0.4 is 5.32 Å². The Kier molecular flexibility index (Phi) is 10.4. The van der Waals surface area contributed by atoms with Gasteiger partial charge >= 0.3 is 0 Å². The monoisotopic (exact) mass is 390 g/mol. The molecule has 0 aliphatic carbocycles. The first-order valence-electron chi connectivity index (χ1n) is 10.1. The largest absolute Gasteiger partial charge is 0.322 e. The topological polar surface area (TPSA) is 41.5 Å². The van der Waals surface area contributed by atoms with E-state index in [9.17, 15) is 4.79 Å². The molecule has 0 bridgehead atoms. The Labute approximate surface area is 176 Å². The van der Waals surface area contributed by atoms with Crippen molar-refractivity contribution < 1.29 is 4.79 Å². The number of allylic oxidation sites excluding steroid dienone is 5. The lowest BCUT2D eigenvalue weighted by Crippen LogP contribution is -2.14. The smallest absolute Gasteiger partial charge is 0.251 e. The van der Waals surface area contributed by atoms with Gasteiger partial charge in [-0.25, -0.2) is 0 Å². The van der Waals surface area contributed by atoms with Crippen LogP contribution in [0.3, 0.4) is 0 Å². The molecule has 1 aromatic carbocycles. The summed E-state index contributed by atoms with van der Waals surface area (Å²) in [5.74, 6) is 0.755. The predicted octanol–water partition coefficient (Wildman–Crippen LogP) is 6.99. The minimum absolute atomic E-state index is 0.162. The van der Waals surface area contributed by atoms with Gasteiger partial charge in [-0.05, 0) is 42.0 Å². The van der Waals surface area contributed by atoms with Crippen molar-refractivity contribution in [3.05, 3.63) is 90.2 Å². The zero-order valence-electron chi connectivity index (χ0n) is 18.4. The molecule has 0 fully saturated rings. The summed E-state index contributed by atoms with van der Waals surface area (Å²) < 4.78 is 0. The number of aliphatic imine (C=N–C) groups is 1. The van der Waals surface area contributed by atoms with Crippen molar-refractivity contribution in [3.8, 4) is 0 Å². The minimum Gasteiger partial charge on any atom is -0.322 e. The van der Waals surface area contributed by atoms with Crippen LogP contribution in [0.25, 0.3) is 0 Å². The van der Waals surface area contributed by atoms with Crippen LogP contribution in [0.2, 0.25) is 0 Å². The van der Waals surface area contributed by atoms with Gasteiger partial charge in [0, 0.05) is 23.9 Å². The number of hydrogen-bond acceptors (Lipinski definition) is 2. The highest BCUT2D eigenvalue weighted by Crippen LogP contribution is 2.18. The number of carbonyl (C=O) groups is 1. The van der Waals surface area contributed by atoms with E-state index in [1.54, 1.807) is 18.4 Å². The Morgan fingerprint density at radius 2 is 1.83 bits per heavy atom. The summed E-state index contributed by atoms with van der Waals surface area (Å²) in [7, 11) is 0. The second-order valence-electron chi connectivity index (χ2n) is 7.47. The Morgan fingerprint density at radius 3 is 2.34 bits per heavy atom. The van der Waals surface area contributed by atoms with Crippen LogP contribution in [-0.2, 0) is 4.79 Å². The molecule has 0 atom stereocenters. The molecule has 1 N–H and O–H groups in total. The van der Waals surface area contributed by atoms with Crippen LogP contribution in [0.4, 0.5) is 5.69 Å². The number of nitrogens with zero attached hydrogens (tertiary/aromatic N) is 1. The van der Waals surface area contributed by atoms with E-state index in [0.29, 0.717) is 29.5 Å². The zero-order chi connectivity index (χ0) is 21.8. The van der Waals surface area contributed by atoms with Crippen molar-refractivity contribution in [2.75, 3.05) is 5.32 Å². The third-order valence-corrected chi connectivity index (χ3v) is 4.31. The van der Waals surface area contributed by atoms with Crippen LogP contribution in [0.5, 0.6) is 0 Å². The Morgan fingerprint density at radius 1 is 1.17 bits per heavy atom. The Hall–Kier alpha value is -2.94. The van der Waals surface area contributed by atoms with Gasteiger partial charge in [-0.15, -0.1) is 0 Å². The van der Waals surface area contributed by atoms with Crippen LogP contribution >= 0.6 is 0 Å². The lowest BCUT2D eigenvalue weighted by atomic mass is 10.0. The lowest BCUT2D eigenvalue weighted by molar-refractivity contribution is -0.112. The molecular formula is C26H34N2O. The van der Waals surface area contributed by atoms with Crippen LogP contribution in [0, 0.1) is 5.92 Å². The molecule has 29 heavy (non-hydrogen) atoms. The average molecular weight is 391 g/mol. The molecule has 0 unspecified atom stereocenters. The highest BCUT2D eigenvalue weighted by atomic mass is 16.1. The maximum absolute atomic E-state index is 12.6. The van der Waals surface area contributed by atoms with Crippen molar-refractivity contribution in [1.29, 1.82) is 0 Å². The van der Waals surface area contributed by atoms with Gasteiger partial charge in [0.25, 0.3) is 5.91 Å². The summed E-state index contributed by atoms with van der Waals surface area (Å²) in [5.41, 5.74) is 4.24. The molecule has 0 heterocycles. The molecule has 0 saturated carbocycles. The molecule has 3 nitrogen and oxygen atoms in total. The van der Waals surface area contributed by atoms with E-state index >= 15 is 0 Å². The van der Waals surface area contributed by atoms with Gasteiger partial charge in [-0.2, -0.15) is 0 Å². The van der Waals surface area contributed by atoms with Crippen LogP contribution in [0.15, 0.2) is 89.6 Å². The van der Waals surface area contributed by atoms with Crippen molar-refractivity contribution >= 4 is 17.8 Å². The van der Waals surface area contributed by atoms with E-state index in [1.165, 1.54) is 5.56 Å². The van der Waals surface area contributed by atoms with Gasteiger partial charge in [0.1, 0.15) is 0 Å². The number of anilines is 1. The highest BCUT2D eigenvalue weighted by molar-refractivity contribution is 6.05. The second-order valence-corrected chi connectivity index (χ2v) is 7.47. The maximum atomic E-state index is 12.6. The first kappa shape index (κ1) is 24.1. The maximum Gasteiger partial charge on any atom is 0.251 e. The van der Waals surface area contributed by atoms with Gasteiger partial charge in [-0.1, -0.05) is 83.4 Å². The molecule has 0 aliphatic heterocycles. The van der Waals surface area contributed by atoms with Crippen molar-refractivity contribution in [3.63, 3.8) is 0 Å². The van der Waals surface area contributed by atoms with Gasteiger partial charge < -0.3 is 5.32 Å². The minimum atomic E-state index is -0.162. The average Bonchev–Trinajstić information content (AvgIpc) is 2.67. The van der Waals surface area contributed by atoms with E-state index in [1.807, 2.05) is 43.3 Å². The molecule has 3 heteroatoms. The molecule has 1 rings (SSSR count). The molecule has 1 amide bonds. The van der Waals surface area contributed by atoms with Gasteiger partial charge in [-0.3, -0.25) is 9.79 Å². The molecule has 0 aromatic heterocycles. The fourth-order valence-corrected chi connectivity index (χ4v) is 2.53. The lowest BCUT2D eigenvalue weighted by Gasteiger charge is -2.09. The molecule has 0 aliphatic rings. The number of hydrogen-bond donors (Lipinski definition) is 1. The molecule has 154 valence electrons. The van der Waals surface area contributed by atoms with E-state index in [0.717, 1.165) is 11.3 Å². The van der Waals surface area contributed by atoms with Crippen LogP contribution in [-0.4, -0.2) is 12.1 Å². The number of benzene rings is 1. The molecular weight excluding hydrogens is 356 g/mol. The molecule has 0 saturated heterocycles. The third-order valence-electron chi connectivity index (χ3n) is 4.31. The van der Waals surface area contributed by atoms with E-state index < -0.39 is 0 Å². The van der Waals surface area contributed by atoms with Gasteiger partial charge in [0.2, 0.25) is 0 Å². The fourth-order valence-electron chi connectivity index (χ4n) is 2.53. The van der Waals surface area contributed by atoms with Crippen molar-refractivity contribution in [2.45, 2.75) is 47.0 Å². The van der Waals surface area contributed by atoms with Crippen molar-refractivity contribution in [1.82, 2.24) is 0 Å². The summed E-state index contributed by atoms with van der Waals surface area (Å²) in [6, 6.07) is 7.92. The van der Waals surface area contributed by atoms with Gasteiger partial charge in [0.05, 0.1) is 5.70 Å². The van der Waals surface area contributed by atoms with E-state index in [4.69, 9.17) is 0 Å². The second kappa shape index (κ2) is 12.5.